The molecule has 174 valence electrons. The molecule has 2 heteroatoms. The highest BCUT2D eigenvalue weighted by atomic mass is 16.5. The van der Waals surface area contributed by atoms with Crippen LogP contribution in [-0.4, -0.2) is 0 Å². The molecule has 0 saturated carbocycles. The van der Waals surface area contributed by atoms with Gasteiger partial charge in [0.1, 0.15) is 0 Å². The first kappa shape index (κ1) is 23.4. The van der Waals surface area contributed by atoms with Gasteiger partial charge in [0, 0.05) is 5.69 Å². The smallest absolute Gasteiger partial charge is 0.151 e. The van der Waals surface area contributed by atoms with E-state index < -0.39 is 0 Å². The Bertz CT molecular complexity index is 1130. The van der Waals surface area contributed by atoms with Gasteiger partial charge in [-0.3, -0.25) is 0 Å². The van der Waals surface area contributed by atoms with Crippen molar-refractivity contribution in [3.63, 3.8) is 0 Å². The summed E-state index contributed by atoms with van der Waals surface area (Å²) in [6.07, 6.45) is 2.23. The third-order valence-electron chi connectivity index (χ3n) is 7.49. The zero-order chi connectivity index (χ0) is 24.0. The van der Waals surface area contributed by atoms with Crippen LogP contribution >= 0.6 is 0 Å². The molecule has 0 fully saturated rings. The van der Waals surface area contributed by atoms with Crippen molar-refractivity contribution in [2.24, 2.45) is 0 Å². The SMILES string of the molecule is CCC(C)c1ccc(N2c3ccc(C(C)(C)C)cc3Oc3cc(C(C)(C)CC)ccc32)cc1. The molecule has 1 atom stereocenters. The van der Waals surface area contributed by atoms with Crippen molar-refractivity contribution in [1.29, 1.82) is 0 Å². The van der Waals surface area contributed by atoms with Crippen molar-refractivity contribution in [3.05, 3.63) is 77.4 Å². The predicted molar refractivity (Wildman–Crippen MR) is 142 cm³/mol. The van der Waals surface area contributed by atoms with Gasteiger partial charge in [-0.15, -0.1) is 0 Å². The van der Waals surface area contributed by atoms with Crippen LogP contribution in [0.1, 0.15) is 90.8 Å². The lowest BCUT2D eigenvalue weighted by Crippen LogP contribution is -2.20. The fourth-order valence-electron chi connectivity index (χ4n) is 4.37. The van der Waals surface area contributed by atoms with Crippen LogP contribution < -0.4 is 9.64 Å². The highest BCUT2D eigenvalue weighted by Gasteiger charge is 2.29. The Morgan fingerprint density at radius 2 is 1.30 bits per heavy atom. The minimum atomic E-state index is 0.0630. The average Bonchev–Trinajstić information content (AvgIpc) is 2.80. The summed E-state index contributed by atoms with van der Waals surface area (Å²) in [5, 5.41) is 0. The molecule has 4 rings (SSSR count). The lowest BCUT2D eigenvalue weighted by Gasteiger charge is -2.35. The van der Waals surface area contributed by atoms with Crippen LogP contribution in [0.3, 0.4) is 0 Å². The van der Waals surface area contributed by atoms with E-state index in [2.05, 4.69) is 121 Å². The third-order valence-corrected chi connectivity index (χ3v) is 7.49. The van der Waals surface area contributed by atoms with E-state index >= 15 is 0 Å². The van der Waals surface area contributed by atoms with E-state index in [9.17, 15) is 0 Å². The Balaban J connectivity index is 1.87. The molecule has 0 radical (unpaired) electrons. The van der Waals surface area contributed by atoms with E-state index in [-0.39, 0.29) is 10.8 Å². The summed E-state index contributed by atoms with van der Waals surface area (Å²) >= 11 is 0. The van der Waals surface area contributed by atoms with Gasteiger partial charge >= 0.3 is 0 Å². The minimum Gasteiger partial charge on any atom is -0.453 e. The Hall–Kier alpha value is -2.74. The van der Waals surface area contributed by atoms with Gasteiger partial charge in [-0.25, -0.2) is 0 Å². The highest BCUT2D eigenvalue weighted by molar-refractivity contribution is 5.86. The molecule has 1 heterocycles. The third kappa shape index (κ3) is 4.40. The second-order valence-electron chi connectivity index (χ2n) is 11.2. The number of benzene rings is 3. The topological polar surface area (TPSA) is 12.5 Å². The van der Waals surface area contributed by atoms with Gasteiger partial charge in [-0.05, 0) is 82.7 Å². The molecule has 0 amide bonds. The maximum Gasteiger partial charge on any atom is 0.151 e. The largest absolute Gasteiger partial charge is 0.453 e. The molecule has 1 aliphatic heterocycles. The van der Waals surface area contributed by atoms with Crippen molar-refractivity contribution in [2.75, 3.05) is 4.90 Å². The normalized spacial score (nSPS) is 14.4. The van der Waals surface area contributed by atoms with Crippen molar-refractivity contribution >= 4 is 17.1 Å². The predicted octanol–water partition coefficient (Wildman–Crippen LogP) is 9.76. The number of anilines is 3. The number of hydrogen-bond donors (Lipinski definition) is 0. The monoisotopic (exact) mass is 441 g/mol. The van der Waals surface area contributed by atoms with E-state index in [1.54, 1.807) is 0 Å². The van der Waals surface area contributed by atoms with Gasteiger partial charge in [0.05, 0.1) is 11.4 Å². The van der Waals surface area contributed by atoms with Gasteiger partial charge < -0.3 is 9.64 Å². The van der Waals surface area contributed by atoms with Crippen LogP contribution in [0.15, 0.2) is 60.7 Å². The zero-order valence-corrected chi connectivity index (χ0v) is 21.6. The van der Waals surface area contributed by atoms with Gasteiger partial charge in [-0.2, -0.15) is 0 Å². The van der Waals surface area contributed by atoms with Crippen LogP contribution in [0.5, 0.6) is 11.5 Å². The van der Waals surface area contributed by atoms with Crippen molar-refractivity contribution < 1.29 is 4.74 Å². The first-order valence-electron chi connectivity index (χ1n) is 12.4. The van der Waals surface area contributed by atoms with E-state index in [1.807, 2.05) is 0 Å². The van der Waals surface area contributed by atoms with Crippen molar-refractivity contribution in [1.82, 2.24) is 0 Å². The van der Waals surface area contributed by atoms with E-state index in [0.29, 0.717) is 5.92 Å². The molecule has 3 aromatic carbocycles. The number of fused-ring (bicyclic) bond motifs is 2. The molecular weight excluding hydrogens is 402 g/mol. The van der Waals surface area contributed by atoms with Crippen LogP contribution in [0, 0.1) is 0 Å². The molecule has 0 aliphatic carbocycles. The number of ether oxygens (including phenoxy) is 1. The summed E-state index contributed by atoms with van der Waals surface area (Å²) in [6, 6.07) is 22.5. The molecule has 0 N–H and O–H groups in total. The molecule has 2 nitrogen and oxygen atoms in total. The molecular formula is C31H39NO. The van der Waals surface area contributed by atoms with Crippen LogP contribution in [0.25, 0.3) is 0 Å². The fraction of sp³-hybridized carbons (Fsp3) is 0.419. The second kappa shape index (κ2) is 8.56. The summed E-state index contributed by atoms with van der Waals surface area (Å²) < 4.78 is 6.58. The summed E-state index contributed by atoms with van der Waals surface area (Å²) in [5.74, 6) is 2.42. The lowest BCUT2D eigenvalue weighted by atomic mass is 9.82. The summed E-state index contributed by atoms with van der Waals surface area (Å²) in [6.45, 7) is 18.1. The number of hydrogen-bond acceptors (Lipinski definition) is 2. The maximum atomic E-state index is 6.58. The molecule has 1 aliphatic rings. The molecule has 0 saturated heterocycles. The van der Waals surface area contributed by atoms with Crippen LogP contribution in [0.2, 0.25) is 0 Å². The van der Waals surface area contributed by atoms with E-state index in [4.69, 9.17) is 4.74 Å². The van der Waals surface area contributed by atoms with Gasteiger partial charge in [0.25, 0.3) is 0 Å². The van der Waals surface area contributed by atoms with Crippen LogP contribution in [0.4, 0.5) is 17.1 Å². The van der Waals surface area contributed by atoms with Gasteiger partial charge in [0.2, 0.25) is 0 Å². The quantitative estimate of drug-likeness (QED) is 0.305. The Kier molecular flexibility index (Phi) is 6.07. The first-order valence-corrected chi connectivity index (χ1v) is 12.4. The van der Waals surface area contributed by atoms with Crippen LogP contribution in [-0.2, 0) is 10.8 Å². The zero-order valence-electron chi connectivity index (χ0n) is 21.6. The maximum absolute atomic E-state index is 6.58. The van der Waals surface area contributed by atoms with Gasteiger partial charge in [0.15, 0.2) is 11.5 Å². The minimum absolute atomic E-state index is 0.0630. The average molecular weight is 442 g/mol. The van der Waals surface area contributed by atoms with E-state index in [0.717, 1.165) is 35.7 Å². The Morgan fingerprint density at radius 3 is 1.82 bits per heavy atom. The summed E-state index contributed by atoms with van der Waals surface area (Å²) in [5.41, 5.74) is 7.50. The highest BCUT2D eigenvalue weighted by Crippen LogP contribution is 2.52. The standard InChI is InChI=1S/C31H39NO/c1-9-21(3)22-11-15-25(16-12-22)32-26-17-13-23(30(4,5)6)19-28(26)33-29-20-24(14-18-27(29)32)31(7,8)10-2/h11-21H,9-10H2,1-8H3. The molecule has 1 unspecified atom stereocenters. The summed E-state index contributed by atoms with van der Waals surface area (Å²) in [7, 11) is 0. The number of nitrogens with zero attached hydrogens (tertiary/aromatic N) is 1. The molecule has 0 spiro atoms. The lowest BCUT2D eigenvalue weighted by molar-refractivity contribution is 0.464. The number of rotatable bonds is 5. The molecule has 33 heavy (non-hydrogen) atoms. The molecule has 0 bridgehead atoms. The second-order valence-corrected chi connectivity index (χ2v) is 11.2. The van der Waals surface area contributed by atoms with Gasteiger partial charge in [-0.1, -0.05) is 79.7 Å². The van der Waals surface area contributed by atoms with Crippen molar-refractivity contribution in [2.45, 2.75) is 85.0 Å². The molecule has 3 aromatic rings. The van der Waals surface area contributed by atoms with E-state index in [1.165, 1.54) is 22.4 Å². The summed E-state index contributed by atoms with van der Waals surface area (Å²) in [4.78, 5) is 2.35. The first-order chi connectivity index (χ1) is 15.5. The Morgan fingerprint density at radius 1 is 0.758 bits per heavy atom. The Labute approximate surface area is 200 Å². The van der Waals surface area contributed by atoms with Crippen molar-refractivity contribution in [3.8, 4) is 11.5 Å². The fourth-order valence-corrected chi connectivity index (χ4v) is 4.37. The molecule has 0 aromatic heterocycles.